The van der Waals surface area contributed by atoms with Crippen molar-refractivity contribution in [1.82, 2.24) is 0 Å². The van der Waals surface area contributed by atoms with Crippen LogP contribution in [-0.2, 0) is 9.53 Å². The molecule has 1 rings (SSSR count). The highest BCUT2D eigenvalue weighted by Crippen LogP contribution is 2.20. The largest absolute Gasteiger partial charge is 0.497 e. The molecule has 0 saturated heterocycles. The lowest BCUT2D eigenvalue weighted by molar-refractivity contribution is -0.138. The normalized spacial score (nSPS) is 9.20. The summed E-state index contributed by atoms with van der Waals surface area (Å²) in [5, 5.41) is 0. The molecule has 0 amide bonds. The van der Waals surface area contributed by atoms with E-state index in [1.165, 1.54) is 7.11 Å². The molecule has 15 heavy (non-hydrogen) atoms. The molecule has 0 heterocycles. The van der Waals surface area contributed by atoms with Crippen LogP contribution in [0, 0.1) is 0 Å². The van der Waals surface area contributed by atoms with Crippen molar-refractivity contribution in [3.63, 3.8) is 0 Å². The number of benzene rings is 1. The van der Waals surface area contributed by atoms with Crippen molar-refractivity contribution in [2.24, 2.45) is 0 Å². The minimum Gasteiger partial charge on any atom is -0.497 e. The van der Waals surface area contributed by atoms with E-state index in [1.54, 1.807) is 31.4 Å². The third kappa shape index (κ3) is 3.02. The Balaban J connectivity index is 2.72. The van der Waals surface area contributed by atoms with E-state index in [4.69, 9.17) is 9.47 Å². The van der Waals surface area contributed by atoms with Gasteiger partial charge in [-0.15, -0.1) is 0 Å². The molecule has 0 aliphatic rings. The maximum atomic E-state index is 11.0. The predicted molar refractivity (Wildman–Crippen MR) is 54.8 cm³/mol. The number of carbonyl (C=O) groups excluding carboxylic acids is 1. The van der Waals surface area contributed by atoms with E-state index in [9.17, 15) is 4.79 Å². The lowest BCUT2D eigenvalue weighted by atomic mass is 10.3. The number of methoxy groups -OCH3 is 2. The van der Waals surface area contributed by atoms with Gasteiger partial charge in [-0.1, -0.05) is 6.07 Å². The molecule has 80 valence electrons. The van der Waals surface area contributed by atoms with Gasteiger partial charge in [0.2, 0.25) is 5.76 Å². The lowest BCUT2D eigenvalue weighted by Crippen LogP contribution is -2.09. The first-order valence-corrected chi connectivity index (χ1v) is 4.26. The van der Waals surface area contributed by atoms with Crippen LogP contribution in [0.2, 0.25) is 0 Å². The Kier molecular flexibility index (Phi) is 3.74. The fourth-order valence-electron chi connectivity index (χ4n) is 0.962. The molecule has 0 aromatic heterocycles. The summed E-state index contributed by atoms with van der Waals surface area (Å²) >= 11 is 0. The summed E-state index contributed by atoms with van der Waals surface area (Å²) in [4.78, 5) is 11.0. The molecular weight excluding hydrogens is 196 g/mol. The Morgan fingerprint density at radius 1 is 1.27 bits per heavy atom. The van der Waals surface area contributed by atoms with E-state index >= 15 is 0 Å². The number of ether oxygens (including phenoxy) is 3. The van der Waals surface area contributed by atoms with Gasteiger partial charge in [-0.25, -0.2) is 4.79 Å². The van der Waals surface area contributed by atoms with Gasteiger partial charge < -0.3 is 14.2 Å². The molecule has 0 aliphatic carbocycles. The van der Waals surface area contributed by atoms with Crippen LogP contribution in [0.4, 0.5) is 0 Å². The fourth-order valence-corrected chi connectivity index (χ4v) is 0.962. The quantitative estimate of drug-likeness (QED) is 0.429. The van der Waals surface area contributed by atoms with Gasteiger partial charge in [-0.2, -0.15) is 0 Å². The van der Waals surface area contributed by atoms with Crippen LogP contribution in [0.1, 0.15) is 0 Å². The summed E-state index contributed by atoms with van der Waals surface area (Å²) in [6, 6.07) is 6.86. The van der Waals surface area contributed by atoms with E-state index in [0.29, 0.717) is 11.5 Å². The SMILES string of the molecule is C=C(Oc1cccc(OC)c1)C(=O)OC. The van der Waals surface area contributed by atoms with Gasteiger partial charge in [0.05, 0.1) is 14.2 Å². The molecule has 4 nitrogen and oxygen atoms in total. The Morgan fingerprint density at radius 3 is 2.53 bits per heavy atom. The average molecular weight is 208 g/mol. The molecule has 0 bridgehead atoms. The minimum atomic E-state index is -0.599. The first-order chi connectivity index (χ1) is 7.17. The summed E-state index contributed by atoms with van der Waals surface area (Å²) in [5.74, 6) is 0.457. The van der Waals surface area contributed by atoms with Crippen LogP contribution in [0.25, 0.3) is 0 Å². The summed E-state index contributed by atoms with van der Waals surface area (Å²) in [6.45, 7) is 3.44. The first kappa shape index (κ1) is 11.1. The van der Waals surface area contributed by atoms with Crippen molar-refractivity contribution < 1.29 is 19.0 Å². The van der Waals surface area contributed by atoms with E-state index in [0.717, 1.165) is 0 Å². The molecule has 0 N–H and O–H groups in total. The van der Waals surface area contributed by atoms with E-state index in [1.807, 2.05) is 0 Å². The second-order valence-corrected chi connectivity index (χ2v) is 2.70. The van der Waals surface area contributed by atoms with Crippen molar-refractivity contribution in [3.05, 3.63) is 36.6 Å². The standard InChI is InChI=1S/C11H12O4/c1-8(11(12)14-3)15-10-6-4-5-9(7-10)13-2/h4-7H,1H2,2-3H3. The predicted octanol–water partition coefficient (Wildman–Crippen LogP) is 1.76. The molecule has 0 spiro atoms. The van der Waals surface area contributed by atoms with Crippen LogP contribution >= 0.6 is 0 Å². The Hall–Kier alpha value is -1.97. The number of carbonyl (C=O) groups is 1. The van der Waals surface area contributed by atoms with E-state index in [2.05, 4.69) is 11.3 Å². The Morgan fingerprint density at radius 2 is 1.93 bits per heavy atom. The summed E-state index contributed by atoms with van der Waals surface area (Å²) in [5.41, 5.74) is 0. The number of hydrogen-bond acceptors (Lipinski definition) is 4. The molecular formula is C11H12O4. The maximum absolute atomic E-state index is 11.0. The molecule has 0 atom stereocenters. The van der Waals surface area contributed by atoms with Crippen molar-refractivity contribution in [2.75, 3.05) is 14.2 Å². The van der Waals surface area contributed by atoms with Gasteiger partial charge in [0.25, 0.3) is 0 Å². The second kappa shape index (κ2) is 5.05. The molecule has 0 fully saturated rings. The summed E-state index contributed by atoms with van der Waals surface area (Å²) in [7, 11) is 2.82. The van der Waals surface area contributed by atoms with Crippen LogP contribution < -0.4 is 9.47 Å². The van der Waals surface area contributed by atoms with Gasteiger partial charge in [0.15, 0.2) is 0 Å². The van der Waals surface area contributed by atoms with Crippen molar-refractivity contribution in [3.8, 4) is 11.5 Å². The van der Waals surface area contributed by atoms with Gasteiger partial charge in [-0.05, 0) is 18.7 Å². The highest BCUT2D eigenvalue weighted by molar-refractivity contribution is 5.85. The lowest BCUT2D eigenvalue weighted by Gasteiger charge is -2.07. The smallest absolute Gasteiger partial charge is 0.373 e. The number of hydrogen-bond donors (Lipinski definition) is 0. The monoisotopic (exact) mass is 208 g/mol. The van der Waals surface area contributed by atoms with Crippen LogP contribution in [0.15, 0.2) is 36.6 Å². The Bertz CT molecular complexity index is 371. The molecule has 1 aromatic rings. The van der Waals surface area contributed by atoms with E-state index < -0.39 is 5.97 Å². The third-order valence-corrected chi connectivity index (χ3v) is 1.70. The molecule has 0 unspecified atom stereocenters. The van der Waals surface area contributed by atoms with Crippen molar-refractivity contribution in [1.29, 1.82) is 0 Å². The minimum absolute atomic E-state index is 0.0641. The van der Waals surface area contributed by atoms with Gasteiger partial charge in [0.1, 0.15) is 11.5 Å². The van der Waals surface area contributed by atoms with Crippen molar-refractivity contribution >= 4 is 5.97 Å². The van der Waals surface area contributed by atoms with Crippen LogP contribution in [-0.4, -0.2) is 20.2 Å². The van der Waals surface area contributed by atoms with Crippen LogP contribution in [0.3, 0.4) is 0 Å². The summed E-state index contributed by atoms with van der Waals surface area (Å²) in [6.07, 6.45) is 0. The third-order valence-electron chi connectivity index (χ3n) is 1.70. The van der Waals surface area contributed by atoms with Crippen molar-refractivity contribution in [2.45, 2.75) is 0 Å². The second-order valence-electron chi connectivity index (χ2n) is 2.70. The molecule has 1 aromatic carbocycles. The number of esters is 1. The van der Waals surface area contributed by atoms with E-state index in [-0.39, 0.29) is 5.76 Å². The van der Waals surface area contributed by atoms with Gasteiger partial charge >= 0.3 is 5.97 Å². The number of rotatable bonds is 4. The Labute approximate surface area is 88.1 Å². The zero-order valence-corrected chi connectivity index (χ0v) is 8.65. The van der Waals surface area contributed by atoms with Gasteiger partial charge in [-0.3, -0.25) is 0 Å². The zero-order valence-electron chi connectivity index (χ0n) is 8.65. The highest BCUT2D eigenvalue weighted by Gasteiger charge is 2.09. The summed E-state index contributed by atoms with van der Waals surface area (Å²) < 4.78 is 14.6. The highest BCUT2D eigenvalue weighted by atomic mass is 16.6. The maximum Gasteiger partial charge on any atom is 0.373 e. The molecule has 0 aliphatic heterocycles. The zero-order chi connectivity index (χ0) is 11.3. The molecule has 0 saturated carbocycles. The fraction of sp³-hybridized carbons (Fsp3) is 0.182. The topological polar surface area (TPSA) is 44.8 Å². The molecule has 0 radical (unpaired) electrons. The van der Waals surface area contributed by atoms with Gasteiger partial charge in [0, 0.05) is 6.07 Å². The first-order valence-electron chi connectivity index (χ1n) is 4.26. The average Bonchev–Trinajstić information content (AvgIpc) is 2.28. The van der Waals surface area contributed by atoms with Crippen LogP contribution in [0.5, 0.6) is 11.5 Å². The molecule has 4 heteroatoms.